The Kier molecular flexibility index (Phi) is 20.1. The SMILES string of the molecule is CCCCCC(=O)NCCc1ccc(COCC#C[B][C@H]2C[C@@H](OCSSC(C)(C)C)C(COP(=O)(O)OP(=O)(O)OP(=O)(O)O)O2)c([N+](=O)[O-])c1. The van der Waals surface area contributed by atoms with E-state index in [9.17, 15) is 38.4 Å². The minimum absolute atomic E-state index is 0.0467. The van der Waals surface area contributed by atoms with Crippen molar-refractivity contribution in [2.45, 2.75) is 95.8 Å². The second kappa shape index (κ2) is 22.3. The summed E-state index contributed by atoms with van der Waals surface area (Å²) in [6.45, 7) is 7.62. The van der Waals surface area contributed by atoms with Gasteiger partial charge in [0.1, 0.15) is 18.6 Å². The number of nitrogens with one attached hydrogen (secondary N) is 1. The number of carbonyl (C=O) groups excluding carboxylic acids is 1. The van der Waals surface area contributed by atoms with Crippen molar-refractivity contribution in [3.8, 4) is 11.7 Å². The molecule has 5 N–H and O–H groups in total. The van der Waals surface area contributed by atoms with Crippen LogP contribution in [0.5, 0.6) is 0 Å². The van der Waals surface area contributed by atoms with Crippen LogP contribution in [-0.2, 0) is 58.9 Å². The number of rotatable bonds is 23. The predicted octanol–water partition coefficient (Wildman–Crippen LogP) is 5.00. The van der Waals surface area contributed by atoms with Crippen molar-refractivity contribution in [3.05, 3.63) is 39.4 Å². The van der Waals surface area contributed by atoms with Gasteiger partial charge in [0, 0.05) is 29.8 Å². The van der Waals surface area contributed by atoms with Crippen molar-refractivity contribution >= 4 is 63.9 Å². The first kappa shape index (κ1) is 46.9. The van der Waals surface area contributed by atoms with Gasteiger partial charge in [0.25, 0.3) is 13.0 Å². The number of nitro groups is 1. The molecule has 1 fully saturated rings. The Bertz CT molecular complexity index is 1540. The van der Waals surface area contributed by atoms with Gasteiger partial charge in [0.05, 0.1) is 29.8 Å². The zero-order valence-corrected chi connectivity index (χ0v) is 33.4. The van der Waals surface area contributed by atoms with Gasteiger partial charge in [0.2, 0.25) is 5.91 Å². The first-order valence-corrected chi connectivity index (χ1v) is 22.8. The van der Waals surface area contributed by atoms with Crippen molar-refractivity contribution < 1.29 is 70.3 Å². The summed E-state index contributed by atoms with van der Waals surface area (Å²) in [6.07, 6.45) is 2.26. The summed E-state index contributed by atoms with van der Waals surface area (Å²) in [7, 11) is -12.1. The molecule has 1 aromatic carbocycles. The molecule has 3 unspecified atom stereocenters. The molecule has 0 spiro atoms. The Labute approximate surface area is 311 Å². The molecule has 1 amide bonds. The Morgan fingerprint density at radius 2 is 1.88 bits per heavy atom. The minimum Gasteiger partial charge on any atom is -0.377 e. The summed E-state index contributed by atoms with van der Waals surface area (Å²) in [6, 6.07) is 4.15. The van der Waals surface area contributed by atoms with Gasteiger partial charge < -0.3 is 39.1 Å². The van der Waals surface area contributed by atoms with Gasteiger partial charge in [0.15, 0.2) is 0 Å². The number of ether oxygens (including phenoxy) is 3. The molecule has 0 aromatic heterocycles. The molecule has 1 aliphatic rings. The maximum atomic E-state index is 12.2. The van der Waals surface area contributed by atoms with Crippen LogP contribution in [0.15, 0.2) is 18.2 Å². The third-order valence-electron chi connectivity index (χ3n) is 6.58. The van der Waals surface area contributed by atoms with Crippen molar-refractivity contribution in [2.75, 3.05) is 25.7 Å². The number of phosphoric acid groups is 3. The fourth-order valence-corrected chi connectivity index (χ4v) is 9.43. The van der Waals surface area contributed by atoms with Crippen LogP contribution < -0.4 is 5.32 Å². The van der Waals surface area contributed by atoms with Crippen LogP contribution in [0.2, 0.25) is 0 Å². The van der Waals surface area contributed by atoms with Crippen LogP contribution in [-0.4, -0.2) is 86.3 Å². The second-order valence-electron chi connectivity index (χ2n) is 12.2. The highest BCUT2D eigenvalue weighted by Gasteiger charge is 2.43. The topological polar surface area (TPSA) is 260 Å². The molecule has 0 bridgehead atoms. The van der Waals surface area contributed by atoms with E-state index >= 15 is 0 Å². The highest BCUT2D eigenvalue weighted by molar-refractivity contribution is 8.77. The zero-order chi connectivity index (χ0) is 39.0. The molecule has 18 nitrogen and oxygen atoms in total. The zero-order valence-electron chi connectivity index (χ0n) is 29.1. The van der Waals surface area contributed by atoms with Crippen LogP contribution in [0, 0.1) is 21.9 Å². The van der Waals surface area contributed by atoms with Crippen LogP contribution in [0.4, 0.5) is 5.69 Å². The number of carbonyl (C=O) groups is 1. The third kappa shape index (κ3) is 20.4. The highest BCUT2D eigenvalue weighted by atomic mass is 33.1. The average molecular weight is 834 g/mol. The number of phosphoric ester groups is 1. The third-order valence-corrected chi connectivity index (χ3v) is 13.4. The van der Waals surface area contributed by atoms with E-state index in [0.717, 1.165) is 19.3 Å². The lowest BCUT2D eigenvalue weighted by atomic mass is 9.71. The summed E-state index contributed by atoms with van der Waals surface area (Å²) in [4.78, 5) is 59.8. The number of unbranched alkanes of at least 4 members (excludes halogenated alkanes) is 2. The molecule has 1 heterocycles. The molecule has 0 aliphatic carbocycles. The van der Waals surface area contributed by atoms with Gasteiger partial charge in [-0.1, -0.05) is 74.1 Å². The number of nitrogens with zero attached hydrogens (tertiary/aromatic N) is 1. The van der Waals surface area contributed by atoms with E-state index in [-0.39, 0.29) is 41.9 Å². The van der Waals surface area contributed by atoms with Crippen LogP contribution >= 0.6 is 45.1 Å². The molecular formula is C28H45BN2O16P3S2. The van der Waals surface area contributed by atoms with E-state index in [1.54, 1.807) is 22.9 Å². The average Bonchev–Trinajstić information content (AvgIpc) is 3.40. The maximum absolute atomic E-state index is 12.2. The van der Waals surface area contributed by atoms with E-state index in [0.29, 0.717) is 30.5 Å². The highest BCUT2D eigenvalue weighted by Crippen LogP contribution is 2.66. The van der Waals surface area contributed by atoms with Gasteiger partial charge in [-0.25, -0.2) is 13.7 Å². The van der Waals surface area contributed by atoms with Gasteiger partial charge in [-0.3, -0.25) is 19.4 Å². The van der Waals surface area contributed by atoms with Crippen LogP contribution in [0.3, 0.4) is 0 Å². The lowest BCUT2D eigenvalue weighted by molar-refractivity contribution is -0.386. The first-order chi connectivity index (χ1) is 24.2. The molecule has 52 heavy (non-hydrogen) atoms. The fraction of sp³-hybridized carbons (Fsp3) is 0.679. The Hall–Kier alpha value is -1.30. The normalized spacial score (nSPS) is 20.0. The van der Waals surface area contributed by atoms with Gasteiger partial charge in [-0.15, -0.1) is 0 Å². The lowest BCUT2D eigenvalue weighted by Crippen LogP contribution is -2.29. The molecule has 1 aliphatic heterocycles. The fourth-order valence-electron chi connectivity index (χ4n) is 4.40. The maximum Gasteiger partial charge on any atom is 0.490 e. The molecule has 1 radical (unpaired) electrons. The summed E-state index contributed by atoms with van der Waals surface area (Å²) in [5, 5.41) is 14.5. The Balaban J connectivity index is 1.92. The molecule has 293 valence electrons. The van der Waals surface area contributed by atoms with Crippen molar-refractivity contribution in [3.63, 3.8) is 0 Å². The second-order valence-corrected chi connectivity index (χ2v) is 19.7. The van der Waals surface area contributed by atoms with E-state index < -0.39 is 53.2 Å². The molecular weight excluding hydrogens is 788 g/mol. The van der Waals surface area contributed by atoms with E-state index in [1.807, 2.05) is 20.8 Å². The molecule has 1 aromatic rings. The summed E-state index contributed by atoms with van der Waals surface area (Å²) >= 11 is 0. The standard InChI is InChI=1S/C28H45BN2O16P3S2/c1-5-6-7-9-27(32)30-14-12-21-10-11-22(23(16-21)31(33)34)18-42-15-8-13-29-26-17-24(43-20-51-52-28(2,3)4)25(45-26)19-44-49(38,39)47-50(40,41)46-48(35,36)37/h10-11,16,24-26H,5-7,9,12,14-15,17-20H2,1-4H3,(H,30,32)(H,38,39)(H,40,41)(H2,35,36,37)/t24-,25?,26-/m1/s1. The Morgan fingerprint density at radius 1 is 1.15 bits per heavy atom. The number of amides is 1. The molecule has 1 saturated heterocycles. The first-order valence-electron chi connectivity index (χ1n) is 16.0. The largest absolute Gasteiger partial charge is 0.490 e. The number of benzene rings is 1. The lowest BCUT2D eigenvalue weighted by Gasteiger charge is -2.22. The van der Waals surface area contributed by atoms with Crippen LogP contribution in [0.25, 0.3) is 0 Å². The monoisotopic (exact) mass is 833 g/mol. The van der Waals surface area contributed by atoms with E-state index in [2.05, 4.69) is 32.6 Å². The van der Waals surface area contributed by atoms with Crippen LogP contribution in [0.1, 0.15) is 70.9 Å². The Morgan fingerprint density at radius 3 is 2.54 bits per heavy atom. The quantitative estimate of drug-likeness (QED) is 0.0142. The van der Waals surface area contributed by atoms with Crippen molar-refractivity contribution in [2.24, 2.45) is 0 Å². The molecule has 24 heteroatoms. The number of nitro benzene ring substituents is 1. The van der Waals surface area contributed by atoms with Gasteiger partial charge in [-0.2, -0.15) is 14.4 Å². The van der Waals surface area contributed by atoms with Gasteiger partial charge in [-0.05, 0) is 30.9 Å². The van der Waals surface area contributed by atoms with E-state index in [1.165, 1.54) is 24.1 Å². The summed E-state index contributed by atoms with van der Waals surface area (Å²) in [5.74, 6) is 5.69. The van der Waals surface area contributed by atoms with Gasteiger partial charge >= 0.3 is 23.5 Å². The van der Waals surface area contributed by atoms with Crippen molar-refractivity contribution in [1.82, 2.24) is 5.32 Å². The minimum atomic E-state index is -5.69. The molecule has 2 rings (SSSR count). The van der Waals surface area contributed by atoms with E-state index in [4.69, 9.17) is 28.5 Å². The molecule has 0 saturated carbocycles. The number of hydrogen-bond donors (Lipinski definition) is 5. The number of hydrogen-bond acceptors (Lipinski definition) is 14. The summed E-state index contributed by atoms with van der Waals surface area (Å²) < 4.78 is 64.2. The smallest absolute Gasteiger partial charge is 0.377 e. The molecule has 5 atom stereocenters. The summed E-state index contributed by atoms with van der Waals surface area (Å²) in [5.41, 5.74) is 0.936. The predicted molar refractivity (Wildman–Crippen MR) is 195 cm³/mol. The van der Waals surface area contributed by atoms with Crippen molar-refractivity contribution in [1.29, 1.82) is 0 Å².